The van der Waals surface area contributed by atoms with E-state index in [0.29, 0.717) is 16.3 Å². The van der Waals surface area contributed by atoms with Gasteiger partial charge in [0.1, 0.15) is 23.0 Å². The molecule has 2 aliphatic heterocycles. The molecule has 0 bridgehead atoms. The zero-order valence-electron chi connectivity index (χ0n) is 28.3. The van der Waals surface area contributed by atoms with E-state index in [-0.39, 0.29) is 36.7 Å². The van der Waals surface area contributed by atoms with Gasteiger partial charge < -0.3 is 9.84 Å². The van der Waals surface area contributed by atoms with Gasteiger partial charge >= 0.3 is 6.36 Å². The molecular weight excluding hydrogens is 721 g/mol. The van der Waals surface area contributed by atoms with Gasteiger partial charge in [-0.05, 0) is 86.9 Å². The van der Waals surface area contributed by atoms with Crippen LogP contribution in [0.1, 0.15) is 43.7 Å². The van der Waals surface area contributed by atoms with Crippen LogP contribution in [0.5, 0.6) is 11.5 Å². The van der Waals surface area contributed by atoms with Gasteiger partial charge in [0.05, 0.1) is 28.0 Å². The van der Waals surface area contributed by atoms with Gasteiger partial charge in [0, 0.05) is 40.9 Å². The topological polar surface area (TPSA) is 122 Å². The molecule has 3 fully saturated rings. The number of nitrogens with zero attached hydrogens (tertiary/aromatic N) is 4. The quantitative estimate of drug-likeness (QED) is 0.170. The summed E-state index contributed by atoms with van der Waals surface area (Å²) in [5, 5.41) is 17.5. The van der Waals surface area contributed by atoms with Gasteiger partial charge in [-0.3, -0.25) is 28.8 Å². The summed E-state index contributed by atoms with van der Waals surface area (Å²) in [4.78, 5) is 59.8. The first-order valence-electron chi connectivity index (χ1n) is 16.8. The molecule has 4 aromatic rings. The molecule has 2 aromatic heterocycles. The van der Waals surface area contributed by atoms with Crippen molar-refractivity contribution in [2.24, 2.45) is 36.1 Å². The van der Waals surface area contributed by atoms with Gasteiger partial charge in [0.15, 0.2) is 0 Å². The number of aromatic nitrogens is 2. The molecule has 2 aromatic carbocycles. The molecule has 2 aliphatic carbocycles. The highest BCUT2D eigenvalue weighted by atomic mass is 35.5. The number of carbonyl (C=O) groups is 4. The number of alkyl halides is 3. The molecule has 52 heavy (non-hydrogen) atoms. The largest absolute Gasteiger partial charge is 0.573 e. The molecule has 4 heterocycles. The lowest BCUT2D eigenvalue weighted by molar-refractivity contribution is -0.274. The van der Waals surface area contributed by atoms with Gasteiger partial charge in [-0.1, -0.05) is 23.3 Å². The highest BCUT2D eigenvalue weighted by Gasteiger charge is 2.68. The summed E-state index contributed by atoms with van der Waals surface area (Å²) in [5.41, 5.74) is 0.289. The number of hydrogen-bond acceptors (Lipinski definition) is 8. The number of imide groups is 2. The maximum absolute atomic E-state index is 14.9. The SMILES string of the molecule is CCN1C(=O)[C@H]2[C@H](CC=C3[C@H]2C[C@H]2C(=O)N(c4cc(-c5sc6ccc(Cl)cc6c5C)nn4C)C(=O)[C@@]2(C)[C@H]3c2cc(OC(F)(F)F)ccc2O)C1=O. The molecule has 6 atom stereocenters. The first-order chi connectivity index (χ1) is 24.5. The van der Waals surface area contributed by atoms with Crippen LogP contribution in [0.2, 0.25) is 5.02 Å². The average Bonchev–Trinajstić information content (AvgIpc) is 3.75. The van der Waals surface area contributed by atoms with Crippen LogP contribution >= 0.6 is 22.9 Å². The molecule has 4 aliphatic rings. The second kappa shape index (κ2) is 11.7. The van der Waals surface area contributed by atoms with Crippen LogP contribution in [-0.4, -0.2) is 56.3 Å². The van der Waals surface area contributed by atoms with Crippen molar-refractivity contribution in [3.05, 3.63) is 70.3 Å². The maximum atomic E-state index is 14.9. The number of amides is 4. The van der Waals surface area contributed by atoms with Crippen LogP contribution < -0.4 is 9.64 Å². The van der Waals surface area contributed by atoms with E-state index < -0.39 is 70.6 Å². The number of carbonyl (C=O) groups excluding carboxylic acids is 4. The van der Waals surface area contributed by atoms with Crippen molar-refractivity contribution < 1.29 is 42.2 Å². The van der Waals surface area contributed by atoms with Gasteiger partial charge in [-0.2, -0.15) is 5.10 Å². The number of phenols is 1. The first-order valence-corrected chi connectivity index (χ1v) is 18.0. The molecule has 1 N–H and O–H groups in total. The van der Waals surface area contributed by atoms with E-state index in [1.165, 1.54) is 20.9 Å². The van der Waals surface area contributed by atoms with E-state index in [2.05, 4.69) is 9.84 Å². The molecule has 4 amide bonds. The van der Waals surface area contributed by atoms with Crippen molar-refractivity contribution in [3.8, 4) is 22.1 Å². The third kappa shape index (κ3) is 4.86. The highest BCUT2D eigenvalue weighted by molar-refractivity contribution is 7.22. The number of halogens is 4. The lowest BCUT2D eigenvalue weighted by Gasteiger charge is -2.49. The van der Waals surface area contributed by atoms with E-state index in [1.54, 1.807) is 39.1 Å². The Morgan fingerprint density at radius 1 is 1.06 bits per heavy atom. The highest BCUT2D eigenvalue weighted by Crippen LogP contribution is 2.64. The third-order valence-corrected chi connectivity index (χ3v) is 13.0. The van der Waals surface area contributed by atoms with Gasteiger partial charge in [-0.15, -0.1) is 24.5 Å². The fourth-order valence-electron chi connectivity index (χ4n) is 9.13. The number of hydrogen-bond donors (Lipinski definition) is 1. The van der Waals surface area contributed by atoms with E-state index in [4.69, 9.17) is 11.6 Å². The van der Waals surface area contributed by atoms with Gasteiger partial charge in [0.2, 0.25) is 23.6 Å². The summed E-state index contributed by atoms with van der Waals surface area (Å²) in [7, 11) is 1.61. The third-order valence-electron chi connectivity index (χ3n) is 11.4. The summed E-state index contributed by atoms with van der Waals surface area (Å²) in [6.45, 7) is 5.38. The standard InChI is InChI=1S/C37H32ClF3N4O6S/c1-5-44-32(47)20-9-8-19-22(29(20)34(44)49)14-24-33(48)45(28-15-25(42-43(28)4)31-16(2)21-12-17(38)6-11-27(21)52-31)35(50)36(24,3)30(19)23-13-18(7-10-26(23)46)51-37(39,40)41/h6-8,10-13,15,20,22,24,29-30,46H,5,9,14H2,1-4H3/t20-,22+,24-,29-,30+,36+/m0/s1. The van der Waals surface area contributed by atoms with Crippen molar-refractivity contribution in [2.75, 3.05) is 11.4 Å². The molecular formula is C37H32ClF3N4O6S. The number of likely N-dealkylation sites (tertiary alicyclic amines) is 1. The van der Waals surface area contributed by atoms with E-state index >= 15 is 0 Å². The lowest BCUT2D eigenvalue weighted by atomic mass is 9.51. The first kappa shape index (κ1) is 34.4. The number of aryl methyl sites for hydroxylation is 2. The zero-order valence-corrected chi connectivity index (χ0v) is 29.9. The minimum atomic E-state index is -5.04. The zero-order chi connectivity index (χ0) is 37.2. The fraction of sp³-hybridized carbons (Fsp3) is 0.378. The number of rotatable bonds is 5. The number of fused-ring (bicyclic) bond motifs is 5. The molecule has 15 heteroatoms. The van der Waals surface area contributed by atoms with Crippen LogP contribution in [0.25, 0.3) is 20.7 Å². The smallest absolute Gasteiger partial charge is 0.508 e. The van der Waals surface area contributed by atoms with Crippen LogP contribution in [0, 0.1) is 36.0 Å². The Labute approximate surface area is 304 Å². The fourth-order valence-corrected chi connectivity index (χ4v) is 10.4. The minimum absolute atomic E-state index is 0.0397. The number of ether oxygens (including phenoxy) is 1. The molecule has 270 valence electrons. The molecule has 2 saturated heterocycles. The number of phenolic OH excluding ortho intramolecular Hbond substituents is 1. The predicted molar refractivity (Wildman–Crippen MR) is 186 cm³/mol. The van der Waals surface area contributed by atoms with Gasteiger partial charge in [0.25, 0.3) is 0 Å². The molecule has 0 spiro atoms. The van der Waals surface area contributed by atoms with Crippen LogP contribution in [0.15, 0.2) is 54.1 Å². The van der Waals surface area contributed by atoms with Crippen LogP contribution in [0.4, 0.5) is 19.0 Å². The minimum Gasteiger partial charge on any atom is -0.508 e. The Bertz CT molecular complexity index is 2280. The van der Waals surface area contributed by atoms with Crippen LogP contribution in [0.3, 0.4) is 0 Å². The number of aromatic hydroxyl groups is 1. The second-order valence-corrected chi connectivity index (χ2v) is 15.5. The number of allylic oxidation sites excluding steroid dienone is 2. The summed E-state index contributed by atoms with van der Waals surface area (Å²) >= 11 is 7.75. The Morgan fingerprint density at radius 3 is 2.52 bits per heavy atom. The molecule has 1 saturated carbocycles. The summed E-state index contributed by atoms with van der Waals surface area (Å²) < 4.78 is 46.8. The Balaban J connectivity index is 1.27. The normalized spacial score (nSPS) is 27.3. The Kier molecular flexibility index (Phi) is 7.71. The van der Waals surface area contributed by atoms with Crippen molar-refractivity contribution in [1.82, 2.24) is 14.7 Å². The Hall–Kier alpha value is -4.69. The van der Waals surface area contributed by atoms with E-state index in [0.717, 1.165) is 43.6 Å². The molecule has 8 rings (SSSR count). The average molecular weight is 753 g/mol. The van der Waals surface area contributed by atoms with Crippen molar-refractivity contribution >= 4 is 62.5 Å². The Morgan fingerprint density at radius 2 is 1.81 bits per heavy atom. The summed E-state index contributed by atoms with van der Waals surface area (Å²) in [6, 6.07) is 10.3. The van der Waals surface area contributed by atoms with Crippen molar-refractivity contribution in [2.45, 2.75) is 45.9 Å². The van der Waals surface area contributed by atoms with Crippen molar-refractivity contribution in [3.63, 3.8) is 0 Å². The summed E-state index contributed by atoms with van der Waals surface area (Å²) in [6.07, 6.45) is -3.08. The second-order valence-electron chi connectivity index (χ2n) is 14.1. The monoisotopic (exact) mass is 752 g/mol. The van der Waals surface area contributed by atoms with Crippen molar-refractivity contribution in [1.29, 1.82) is 0 Å². The van der Waals surface area contributed by atoms with E-state index in [9.17, 15) is 37.5 Å². The van der Waals surface area contributed by atoms with E-state index in [1.807, 2.05) is 19.1 Å². The molecule has 10 nitrogen and oxygen atoms in total. The number of benzene rings is 2. The van der Waals surface area contributed by atoms with Gasteiger partial charge in [-0.25, -0.2) is 4.90 Å². The predicted octanol–water partition coefficient (Wildman–Crippen LogP) is 7.12. The lowest BCUT2D eigenvalue weighted by Crippen LogP contribution is -2.49. The maximum Gasteiger partial charge on any atom is 0.573 e. The number of anilines is 1. The molecule has 0 radical (unpaired) electrons. The number of thiophene rings is 1. The van der Waals surface area contributed by atoms with Crippen LogP contribution in [-0.2, 0) is 26.2 Å². The molecule has 0 unspecified atom stereocenters. The summed E-state index contributed by atoms with van der Waals surface area (Å²) in [5.74, 6) is -7.17.